The van der Waals surface area contributed by atoms with Gasteiger partial charge in [-0.3, -0.25) is 0 Å². The lowest BCUT2D eigenvalue weighted by molar-refractivity contribution is 0.0602. The molecular weight excluding hydrogens is 268 g/mol. The van der Waals surface area contributed by atoms with Crippen molar-refractivity contribution >= 4 is 6.09 Å². The number of alkyl carbamates (subject to hydrolysis) is 1. The maximum Gasteiger partial charge on any atom is 0.407 e. The van der Waals surface area contributed by atoms with Crippen LogP contribution in [-0.4, -0.2) is 54.5 Å². The van der Waals surface area contributed by atoms with Gasteiger partial charge < -0.3 is 20.1 Å². The standard InChI is InChI=1S/C16H32N2O3/c1-5-7-18-10-13(9-15(19)12(3)4)8-14(11-18)17-16(20)21-6-2/h12-15,19H,5-11H2,1-4H3,(H,17,20). The fraction of sp³-hybridized carbons (Fsp3) is 0.938. The second-order valence-electron chi connectivity index (χ2n) is 6.47. The second kappa shape index (κ2) is 9.26. The molecule has 1 aliphatic heterocycles. The Morgan fingerprint density at radius 3 is 2.67 bits per heavy atom. The number of carbonyl (C=O) groups excluding carboxylic acids is 1. The summed E-state index contributed by atoms with van der Waals surface area (Å²) < 4.78 is 4.98. The molecule has 0 aromatic heterocycles. The fourth-order valence-electron chi connectivity index (χ4n) is 3.03. The van der Waals surface area contributed by atoms with Crippen LogP contribution in [0.15, 0.2) is 0 Å². The van der Waals surface area contributed by atoms with Gasteiger partial charge in [-0.15, -0.1) is 0 Å². The minimum absolute atomic E-state index is 0.119. The van der Waals surface area contributed by atoms with Gasteiger partial charge in [0, 0.05) is 19.1 Å². The molecule has 1 saturated heterocycles. The van der Waals surface area contributed by atoms with E-state index in [-0.39, 0.29) is 24.2 Å². The van der Waals surface area contributed by atoms with Crippen molar-refractivity contribution in [2.75, 3.05) is 26.2 Å². The Labute approximate surface area is 129 Å². The number of aliphatic hydroxyl groups is 1. The molecule has 3 atom stereocenters. The molecule has 0 radical (unpaired) electrons. The van der Waals surface area contributed by atoms with Crippen LogP contribution in [0.4, 0.5) is 4.79 Å². The molecule has 5 heteroatoms. The molecule has 1 rings (SSSR count). The zero-order chi connectivity index (χ0) is 15.8. The first-order valence-corrected chi connectivity index (χ1v) is 8.29. The van der Waals surface area contributed by atoms with Crippen LogP contribution in [0.2, 0.25) is 0 Å². The number of hydrogen-bond acceptors (Lipinski definition) is 4. The predicted octanol–water partition coefficient (Wildman–Crippen LogP) is 2.24. The lowest BCUT2D eigenvalue weighted by Crippen LogP contribution is -2.51. The normalized spacial score (nSPS) is 24.9. The highest BCUT2D eigenvalue weighted by Gasteiger charge is 2.29. The van der Waals surface area contributed by atoms with Gasteiger partial charge in [0.25, 0.3) is 0 Å². The van der Waals surface area contributed by atoms with Gasteiger partial charge in [0.05, 0.1) is 12.7 Å². The van der Waals surface area contributed by atoms with Crippen molar-refractivity contribution in [1.29, 1.82) is 0 Å². The number of hydrogen-bond donors (Lipinski definition) is 2. The number of ether oxygens (including phenoxy) is 1. The number of aliphatic hydroxyl groups excluding tert-OH is 1. The maximum absolute atomic E-state index is 11.6. The average Bonchev–Trinajstić information content (AvgIpc) is 2.38. The van der Waals surface area contributed by atoms with Gasteiger partial charge in [-0.05, 0) is 44.6 Å². The van der Waals surface area contributed by atoms with Gasteiger partial charge >= 0.3 is 6.09 Å². The highest BCUT2D eigenvalue weighted by Crippen LogP contribution is 2.24. The Morgan fingerprint density at radius 2 is 2.10 bits per heavy atom. The molecule has 21 heavy (non-hydrogen) atoms. The zero-order valence-electron chi connectivity index (χ0n) is 14.0. The predicted molar refractivity (Wildman–Crippen MR) is 84.2 cm³/mol. The molecule has 2 N–H and O–H groups in total. The summed E-state index contributed by atoms with van der Waals surface area (Å²) in [5.41, 5.74) is 0. The maximum atomic E-state index is 11.6. The summed E-state index contributed by atoms with van der Waals surface area (Å²) in [5.74, 6) is 0.706. The minimum atomic E-state index is -0.330. The third-order valence-corrected chi connectivity index (χ3v) is 4.09. The molecule has 0 aromatic carbocycles. The number of nitrogens with one attached hydrogen (secondary N) is 1. The van der Waals surface area contributed by atoms with Crippen molar-refractivity contribution in [2.45, 2.75) is 59.1 Å². The van der Waals surface area contributed by atoms with Crippen LogP contribution in [0.3, 0.4) is 0 Å². The van der Waals surface area contributed by atoms with E-state index >= 15 is 0 Å². The molecule has 0 aromatic rings. The molecule has 0 spiro atoms. The van der Waals surface area contributed by atoms with E-state index in [1.165, 1.54) is 0 Å². The zero-order valence-corrected chi connectivity index (χ0v) is 14.0. The lowest BCUT2D eigenvalue weighted by Gasteiger charge is -2.38. The van der Waals surface area contributed by atoms with E-state index in [0.29, 0.717) is 12.5 Å². The molecular formula is C16H32N2O3. The first kappa shape index (κ1) is 18.2. The van der Waals surface area contributed by atoms with Crippen LogP contribution < -0.4 is 5.32 Å². The van der Waals surface area contributed by atoms with Gasteiger partial charge in [-0.1, -0.05) is 20.8 Å². The Kier molecular flexibility index (Phi) is 8.04. The van der Waals surface area contributed by atoms with Crippen LogP contribution in [0.5, 0.6) is 0 Å². The number of likely N-dealkylation sites (tertiary alicyclic amines) is 1. The van der Waals surface area contributed by atoms with E-state index in [0.717, 1.165) is 38.9 Å². The molecule has 124 valence electrons. The molecule has 0 aliphatic carbocycles. The number of piperidine rings is 1. The number of rotatable bonds is 7. The topological polar surface area (TPSA) is 61.8 Å². The Balaban J connectivity index is 2.57. The molecule has 3 unspecified atom stereocenters. The van der Waals surface area contributed by atoms with Crippen LogP contribution in [-0.2, 0) is 4.74 Å². The van der Waals surface area contributed by atoms with E-state index in [9.17, 15) is 9.90 Å². The SMILES string of the molecule is CCCN1CC(CC(O)C(C)C)CC(NC(=O)OCC)C1. The number of nitrogens with zero attached hydrogens (tertiary/aromatic N) is 1. The van der Waals surface area contributed by atoms with Gasteiger partial charge in [0.15, 0.2) is 0 Å². The first-order chi connectivity index (χ1) is 9.96. The minimum Gasteiger partial charge on any atom is -0.450 e. The molecule has 1 aliphatic rings. The van der Waals surface area contributed by atoms with E-state index in [1.807, 2.05) is 20.8 Å². The fourth-order valence-corrected chi connectivity index (χ4v) is 3.03. The molecule has 1 amide bonds. The number of amides is 1. The van der Waals surface area contributed by atoms with Gasteiger partial charge in [0.2, 0.25) is 0 Å². The summed E-state index contributed by atoms with van der Waals surface area (Å²) in [6, 6.07) is 0.119. The largest absolute Gasteiger partial charge is 0.450 e. The smallest absolute Gasteiger partial charge is 0.407 e. The molecule has 1 heterocycles. The van der Waals surface area contributed by atoms with Crippen LogP contribution in [0.25, 0.3) is 0 Å². The Hall–Kier alpha value is -0.810. The van der Waals surface area contributed by atoms with Gasteiger partial charge in [-0.25, -0.2) is 4.79 Å². The van der Waals surface area contributed by atoms with E-state index in [1.54, 1.807) is 0 Å². The van der Waals surface area contributed by atoms with Crippen molar-refractivity contribution in [1.82, 2.24) is 10.2 Å². The summed E-state index contributed by atoms with van der Waals surface area (Å²) >= 11 is 0. The van der Waals surface area contributed by atoms with Crippen LogP contribution in [0.1, 0.15) is 47.0 Å². The Bertz CT molecular complexity index is 310. The molecule has 0 bridgehead atoms. The third kappa shape index (κ3) is 6.66. The Morgan fingerprint density at radius 1 is 1.38 bits per heavy atom. The van der Waals surface area contributed by atoms with Crippen molar-refractivity contribution in [3.63, 3.8) is 0 Å². The monoisotopic (exact) mass is 300 g/mol. The van der Waals surface area contributed by atoms with Crippen LogP contribution in [0, 0.1) is 11.8 Å². The van der Waals surface area contributed by atoms with E-state index in [2.05, 4.69) is 17.1 Å². The van der Waals surface area contributed by atoms with Crippen molar-refractivity contribution in [2.24, 2.45) is 11.8 Å². The summed E-state index contributed by atoms with van der Waals surface area (Å²) in [5, 5.41) is 13.1. The number of carbonyl (C=O) groups is 1. The third-order valence-electron chi connectivity index (χ3n) is 4.09. The molecule has 0 saturated carbocycles. The highest BCUT2D eigenvalue weighted by atomic mass is 16.5. The van der Waals surface area contributed by atoms with E-state index < -0.39 is 0 Å². The van der Waals surface area contributed by atoms with Crippen molar-refractivity contribution in [3.05, 3.63) is 0 Å². The lowest BCUT2D eigenvalue weighted by atomic mass is 9.86. The van der Waals surface area contributed by atoms with E-state index in [4.69, 9.17) is 4.74 Å². The molecule has 5 nitrogen and oxygen atoms in total. The second-order valence-corrected chi connectivity index (χ2v) is 6.47. The summed E-state index contributed by atoms with van der Waals surface area (Å²) in [7, 11) is 0. The van der Waals surface area contributed by atoms with Crippen LogP contribution >= 0.6 is 0 Å². The van der Waals surface area contributed by atoms with Gasteiger partial charge in [0.1, 0.15) is 0 Å². The summed E-state index contributed by atoms with van der Waals surface area (Å²) in [4.78, 5) is 14.0. The average molecular weight is 300 g/mol. The first-order valence-electron chi connectivity index (χ1n) is 8.29. The molecule has 1 fully saturated rings. The van der Waals surface area contributed by atoms with Gasteiger partial charge in [-0.2, -0.15) is 0 Å². The quantitative estimate of drug-likeness (QED) is 0.757. The van der Waals surface area contributed by atoms with Crippen molar-refractivity contribution in [3.8, 4) is 0 Å². The summed E-state index contributed by atoms with van der Waals surface area (Å²) in [6.07, 6.45) is 2.23. The highest BCUT2D eigenvalue weighted by molar-refractivity contribution is 5.67. The van der Waals surface area contributed by atoms with Crippen molar-refractivity contribution < 1.29 is 14.6 Å². The summed E-state index contributed by atoms with van der Waals surface area (Å²) in [6.45, 7) is 11.4.